The summed E-state index contributed by atoms with van der Waals surface area (Å²) in [7, 11) is 5.37. The Labute approximate surface area is 112 Å². The molecule has 0 saturated heterocycles. The number of nitrogens with zero attached hydrogens (tertiary/aromatic N) is 1. The molecule has 0 fully saturated rings. The summed E-state index contributed by atoms with van der Waals surface area (Å²) >= 11 is 0. The predicted molar refractivity (Wildman–Crippen MR) is 70.7 cm³/mol. The fraction of sp³-hybridized carbons (Fsp3) is 0.500. The first kappa shape index (κ1) is 13.7. The number of esters is 1. The van der Waals surface area contributed by atoms with E-state index in [0.717, 1.165) is 0 Å². The molecule has 5 nitrogen and oxygen atoms in total. The van der Waals surface area contributed by atoms with Crippen LogP contribution in [0.15, 0.2) is 6.07 Å². The summed E-state index contributed by atoms with van der Waals surface area (Å²) in [6.07, 6.45) is 0.233. The average Bonchev–Trinajstić information content (AvgIpc) is 2.65. The van der Waals surface area contributed by atoms with E-state index in [2.05, 4.69) is 0 Å². The number of benzene rings is 1. The smallest absolute Gasteiger partial charge is 0.343 e. The number of phenolic OH excluding ortho intramolecular Hbond substituents is 1. The highest BCUT2D eigenvalue weighted by atomic mass is 16.6. The fourth-order valence-electron chi connectivity index (χ4n) is 2.42. The Hall–Kier alpha value is -1.75. The second kappa shape index (κ2) is 5.09. The minimum atomic E-state index is -0.461. The van der Waals surface area contributed by atoms with Crippen LogP contribution in [0.4, 0.5) is 0 Å². The van der Waals surface area contributed by atoms with Gasteiger partial charge in [0.1, 0.15) is 23.2 Å². The second-order valence-electron chi connectivity index (χ2n) is 4.88. The number of methoxy groups -OCH3 is 1. The number of ether oxygens (including phenoxy) is 2. The lowest BCUT2D eigenvalue weighted by Crippen LogP contribution is -2.20. The molecule has 0 radical (unpaired) electrons. The van der Waals surface area contributed by atoms with E-state index in [9.17, 15) is 9.90 Å². The third kappa shape index (κ3) is 2.26. The number of rotatable bonds is 4. The zero-order valence-corrected chi connectivity index (χ0v) is 11.7. The van der Waals surface area contributed by atoms with Crippen LogP contribution < -0.4 is 4.74 Å². The van der Waals surface area contributed by atoms with Gasteiger partial charge in [-0.25, -0.2) is 4.79 Å². The molecule has 2 rings (SSSR count). The third-order valence-electron chi connectivity index (χ3n) is 3.30. The van der Waals surface area contributed by atoms with Gasteiger partial charge in [-0.2, -0.15) is 0 Å². The molecule has 0 aromatic heterocycles. The molecule has 0 bridgehead atoms. The molecular formula is C14H19NO4. The molecule has 1 heterocycles. The Morgan fingerprint density at radius 3 is 2.68 bits per heavy atom. The molecule has 1 N–H and O–H groups in total. The zero-order chi connectivity index (χ0) is 14.2. The molecule has 1 aromatic carbocycles. The van der Waals surface area contributed by atoms with Crippen LogP contribution in [0.3, 0.4) is 0 Å². The highest BCUT2D eigenvalue weighted by Gasteiger charge is 2.36. The van der Waals surface area contributed by atoms with Crippen molar-refractivity contribution in [3.05, 3.63) is 22.8 Å². The molecule has 0 aliphatic carbocycles. The number of phenols is 1. The maximum absolute atomic E-state index is 11.9. The van der Waals surface area contributed by atoms with Crippen LogP contribution in [0.25, 0.3) is 0 Å². The molecule has 19 heavy (non-hydrogen) atoms. The monoisotopic (exact) mass is 265 g/mol. The van der Waals surface area contributed by atoms with Gasteiger partial charge in [-0.05, 0) is 26.6 Å². The Balaban J connectivity index is 2.55. The summed E-state index contributed by atoms with van der Waals surface area (Å²) in [5, 5.41) is 10.2. The quantitative estimate of drug-likeness (QED) is 0.840. The predicted octanol–water partition coefficient (Wildman–Crippen LogP) is 1.74. The Kier molecular flexibility index (Phi) is 3.66. The van der Waals surface area contributed by atoms with Crippen molar-refractivity contribution in [2.45, 2.75) is 19.4 Å². The van der Waals surface area contributed by atoms with Crippen LogP contribution in [0.5, 0.6) is 11.5 Å². The van der Waals surface area contributed by atoms with Crippen LogP contribution in [-0.2, 0) is 11.2 Å². The van der Waals surface area contributed by atoms with E-state index in [1.165, 1.54) is 0 Å². The van der Waals surface area contributed by atoms with Crippen molar-refractivity contribution >= 4 is 5.97 Å². The molecule has 1 aliphatic rings. The van der Waals surface area contributed by atoms with Gasteiger partial charge in [-0.15, -0.1) is 0 Å². The third-order valence-corrected chi connectivity index (χ3v) is 3.30. The largest absolute Gasteiger partial charge is 0.507 e. The lowest BCUT2D eigenvalue weighted by Gasteiger charge is -2.17. The number of cyclic esters (lactones) is 1. The lowest BCUT2D eigenvalue weighted by atomic mass is 9.98. The van der Waals surface area contributed by atoms with Crippen molar-refractivity contribution in [1.82, 2.24) is 4.90 Å². The number of fused-ring (bicyclic) bond motifs is 1. The van der Waals surface area contributed by atoms with Crippen molar-refractivity contribution in [1.29, 1.82) is 0 Å². The number of carbonyl (C=O) groups is 1. The van der Waals surface area contributed by atoms with E-state index in [0.29, 0.717) is 29.8 Å². The standard InChI is InChI=1S/C14H19NO4/c1-5-8-10(18-4)6-9-11(7-15(2)3)19-14(17)12(9)13(8)16/h6,11,16H,5,7H2,1-4H3/t11-/m0/s1. The van der Waals surface area contributed by atoms with Gasteiger partial charge in [-0.1, -0.05) is 6.92 Å². The van der Waals surface area contributed by atoms with Crippen molar-refractivity contribution < 1.29 is 19.4 Å². The number of hydrogen-bond acceptors (Lipinski definition) is 5. The fourth-order valence-corrected chi connectivity index (χ4v) is 2.42. The van der Waals surface area contributed by atoms with Crippen LogP contribution in [-0.4, -0.2) is 43.7 Å². The first-order valence-electron chi connectivity index (χ1n) is 6.28. The second-order valence-corrected chi connectivity index (χ2v) is 4.88. The summed E-state index contributed by atoms with van der Waals surface area (Å²) in [5.41, 5.74) is 1.62. The van der Waals surface area contributed by atoms with Crippen molar-refractivity contribution in [2.75, 3.05) is 27.7 Å². The summed E-state index contributed by atoms with van der Waals surface area (Å²) in [4.78, 5) is 13.8. The molecule has 1 aliphatic heterocycles. The van der Waals surface area contributed by atoms with E-state index >= 15 is 0 Å². The van der Waals surface area contributed by atoms with Gasteiger partial charge in [0.2, 0.25) is 0 Å². The van der Waals surface area contributed by atoms with E-state index in [-0.39, 0.29) is 17.4 Å². The van der Waals surface area contributed by atoms with Gasteiger partial charge in [0.15, 0.2) is 0 Å². The minimum Gasteiger partial charge on any atom is -0.507 e. The maximum atomic E-state index is 11.9. The van der Waals surface area contributed by atoms with Crippen molar-refractivity contribution in [2.24, 2.45) is 0 Å². The number of aromatic hydroxyl groups is 1. The summed E-state index contributed by atoms with van der Waals surface area (Å²) in [6.45, 7) is 2.48. The van der Waals surface area contributed by atoms with Gasteiger partial charge in [0, 0.05) is 17.7 Å². The Morgan fingerprint density at radius 1 is 1.47 bits per heavy atom. The Morgan fingerprint density at radius 2 is 2.16 bits per heavy atom. The summed E-state index contributed by atoms with van der Waals surface area (Å²) in [6, 6.07) is 1.80. The van der Waals surface area contributed by atoms with E-state index in [1.54, 1.807) is 13.2 Å². The first-order valence-corrected chi connectivity index (χ1v) is 6.28. The van der Waals surface area contributed by atoms with E-state index < -0.39 is 5.97 Å². The van der Waals surface area contributed by atoms with Gasteiger partial charge < -0.3 is 19.5 Å². The molecule has 1 atom stereocenters. The molecule has 0 unspecified atom stereocenters. The van der Waals surface area contributed by atoms with Crippen molar-refractivity contribution in [3.63, 3.8) is 0 Å². The molecule has 5 heteroatoms. The number of likely N-dealkylation sites (N-methyl/N-ethyl adjacent to an activating group) is 1. The summed E-state index contributed by atoms with van der Waals surface area (Å²) in [5.74, 6) is 0.126. The molecule has 1 aromatic rings. The van der Waals surface area contributed by atoms with Gasteiger partial charge in [0.25, 0.3) is 0 Å². The molecule has 0 saturated carbocycles. The first-order chi connectivity index (χ1) is 8.99. The highest BCUT2D eigenvalue weighted by molar-refractivity contribution is 5.98. The zero-order valence-electron chi connectivity index (χ0n) is 11.7. The van der Waals surface area contributed by atoms with Crippen LogP contribution in [0.2, 0.25) is 0 Å². The number of hydrogen-bond donors (Lipinski definition) is 1. The molecular weight excluding hydrogens is 246 g/mol. The van der Waals surface area contributed by atoms with Gasteiger partial charge in [0.05, 0.1) is 7.11 Å². The van der Waals surface area contributed by atoms with Crippen LogP contribution >= 0.6 is 0 Å². The van der Waals surface area contributed by atoms with Gasteiger partial charge >= 0.3 is 5.97 Å². The van der Waals surface area contributed by atoms with E-state index in [4.69, 9.17) is 9.47 Å². The normalized spacial score (nSPS) is 17.5. The molecule has 104 valence electrons. The molecule has 0 spiro atoms. The maximum Gasteiger partial charge on any atom is 0.343 e. The average molecular weight is 265 g/mol. The van der Waals surface area contributed by atoms with E-state index in [1.807, 2.05) is 25.9 Å². The molecule has 0 amide bonds. The highest BCUT2D eigenvalue weighted by Crippen LogP contribution is 2.42. The topological polar surface area (TPSA) is 59.0 Å². The minimum absolute atomic E-state index is 0.0110. The number of carbonyl (C=O) groups excluding carboxylic acids is 1. The van der Waals surface area contributed by atoms with Gasteiger partial charge in [-0.3, -0.25) is 0 Å². The van der Waals surface area contributed by atoms with Crippen LogP contribution in [0.1, 0.15) is 34.5 Å². The SMILES string of the molecule is CCc1c(OC)cc2c(c1O)C(=O)O[C@H]2CN(C)C. The summed E-state index contributed by atoms with van der Waals surface area (Å²) < 4.78 is 10.6. The van der Waals surface area contributed by atoms with Crippen molar-refractivity contribution in [3.8, 4) is 11.5 Å². The van der Waals surface area contributed by atoms with Crippen LogP contribution in [0, 0.1) is 0 Å². The Bertz CT molecular complexity index is 511. The lowest BCUT2D eigenvalue weighted by molar-refractivity contribution is 0.0330.